The van der Waals surface area contributed by atoms with Gasteiger partial charge in [0.15, 0.2) is 11.5 Å². The number of amides is 1. The smallest absolute Gasteiger partial charge is 0.416 e. The van der Waals surface area contributed by atoms with E-state index >= 15 is 0 Å². The van der Waals surface area contributed by atoms with E-state index in [0.717, 1.165) is 24.3 Å². The van der Waals surface area contributed by atoms with Crippen molar-refractivity contribution < 1.29 is 32.5 Å². The molecule has 8 heteroatoms. The van der Waals surface area contributed by atoms with Gasteiger partial charge in [-0.1, -0.05) is 6.07 Å². The van der Waals surface area contributed by atoms with E-state index in [4.69, 9.17) is 9.47 Å². The molecule has 2 aromatic carbocycles. The third-order valence-corrected chi connectivity index (χ3v) is 3.72. The fourth-order valence-corrected chi connectivity index (χ4v) is 2.28. The first-order valence-electron chi connectivity index (χ1n) is 7.61. The second-order valence-electron chi connectivity index (χ2n) is 5.42. The maximum Gasteiger partial charge on any atom is 0.416 e. The summed E-state index contributed by atoms with van der Waals surface area (Å²) in [5, 5.41) is 12.7. The number of aliphatic hydroxyl groups is 1. The molecule has 0 aliphatic rings. The van der Waals surface area contributed by atoms with E-state index in [1.807, 2.05) is 0 Å². The lowest BCUT2D eigenvalue weighted by Gasteiger charge is -2.15. The molecule has 1 unspecified atom stereocenters. The van der Waals surface area contributed by atoms with Gasteiger partial charge in [0.05, 0.1) is 25.9 Å². The minimum absolute atomic E-state index is 0.0671. The minimum atomic E-state index is -4.46. The number of aliphatic hydroxyl groups excluding tert-OH is 1. The highest BCUT2D eigenvalue weighted by Gasteiger charge is 2.30. The van der Waals surface area contributed by atoms with Crippen LogP contribution >= 0.6 is 0 Å². The Hall–Kier alpha value is -2.74. The fourth-order valence-electron chi connectivity index (χ4n) is 2.28. The van der Waals surface area contributed by atoms with Crippen LogP contribution in [0.25, 0.3) is 0 Å². The van der Waals surface area contributed by atoms with Gasteiger partial charge < -0.3 is 19.9 Å². The van der Waals surface area contributed by atoms with E-state index < -0.39 is 23.8 Å². The summed E-state index contributed by atoms with van der Waals surface area (Å²) in [7, 11) is 2.94. The van der Waals surface area contributed by atoms with Crippen LogP contribution in [-0.4, -0.2) is 31.8 Å². The molecule has 0 fully saturated rings. The zero-order valence-electron chi connectivity index (χ0n) is 14.1. The standard InChI is InChI=1S/C18H18F3NO4/c1-25-15-8-5-12(9-16(15)26-2)14(23)10-22-17(24)11-3-6-13(7-4-11)18(19,20)21/h3-9,14,23H,10H2,1-2H3,(H,22,24). The Labute approximate surface area is 148 Å². The first-order valence-corrected chi connectivity index (χ1v) is 7.61. The van der Waals surface area contributed by atoms with Crippen LogP contribution in [0.3, 0.4) is 0 Å². The van der Waals surface area contributed by atoms with Crippen LogP contribution in [-0.2, 0) is 6.18 Å². The molecule has 0 radical (unpaired) electrons. The van der Waals surface area contributed by atoms with Crippen molar-refractivity contribution in [2.75, 3.05) is 20.8 Å². The molecule has 140 valence electrons. The molecule has 0 bridgehead atoms. The summed E-state index contributed by atoms with van der Waals surface area (Å²) in [5.41, 5.74) is -0.271. The van der Waals surface area contributed by atoms with Crippen molar-refractivity contribution in [1.29, 1.82) is 0 Å². The second kappa shape index (κ2) is 8.09. The Balaban J connectivity index is 2.00. The first-order chi connectivity index (χ1) is 12.3. The number of carbonyl (C=O) groups excluding carboxylic acids is 1. The number of benzene rings is 2. The lowest BCUT2D eigenvalue weighted by Crippen LogP contribution is -2.28. The number of nitrogens with one attached hydrogen (secondary N) is 1. The van der Waals surface area contributed by atoms with E-state index in [1.54, 1.807) is 18.2 Å². The molecule has 1 atom stereocenters. The van der Waals surface area contributed by atoms with Crippen molar-refractivity contribution in [1.82, 2.24) is 5.32 Å². The maximum atomic E-state index is 12.5. The van der Waals surface area contributed by atoms with Crippen molar-refractivity contribution in [2.24, 2.45) is 0 Å². The summed E-state index contributed by atoms with van der Waals surface area (Å²) >= 11 is 0. The molecule has 0 aromatic heterocycles. The third-order valence-electron chi connectivity index (χ3n) is 3.72. The molecule has 0 heterocycles. The Kier molecular flexibility index (Phi) is 6.10. The monoisotopic (exact) mass is 369 g/mol. The van der Waals surface area contributed by atoms with Crippen LogP contribution in [0.15, 0.2) is 42.5 Å². The molecule has 1 amide bonds. The van der Waals surface area contributed by atoms with Crippen molar-refractivity contribution in [3.8, 4) is 11.5 Å². The van der Waals surface area contributed by atoms with Crippen molar-refractivity contribution in [3.63, 3.8) is 0 Å². The molecule has 0 aliphatic heterocycles. The van der Waals surface area contributed by atoms with Gasteiger partial charge in [-0.3, -0.25) is 4.79 Å². The molecular weight excluding hydrogens is 351 g/mol. The topological polar surface area (TPSA) is 67.8 Å². The van der Waals surface area contributed by atoms with Crippen molar-refractivity contribution in [3.05, 3.63) is 59.2 Å². The van der Waals surface area contributed by atoms with Gasteiger partial charge >= 0.3 is 6.18 Å². The van der Waals surface area contributed by atoms with Crippen LogP contribution in [0.1, 0.15) is 27.6 Å². The Morgan fingerprint density at radius 2 is 1.69 bits per heavy atom. The average molecular weight is 369 g/mol. The molecule has 5 nitrogen and oxygen atoms in total. The molecular formula is C18H18F3NO4. The number of alkyl halides is 3. The molecule has 2 N–H and O–H groups in total. The van der Waals surface area contributed by atoms with Crippen molar-refractivity contribution in [2.45, 2.75) is 12.3 Å². The van der Waals surface area contributed by atoms with Gasteiger partial charge in [0, 0.05) is 12.1 Å². The number of carbonyl (C=O) groups is 1. The summed E-state index contributed by atoms with van der Waals surface area (Å²) in [6.07, 6.45) is -5.48. The predicted molar refractivity (Wildman–Crippen MR) is 88.3 cm³/mol. The van der Waals surface area contributed by atoms with Gasteiger partial charge in [-0.05, 0) is 42.0 Å². The van der Waals surface area contributed by atoms with E-state index in [2.05, 4.69) is 5.32 Å². The van der Waals surface area contributed by atoms with Gasteiger partial charge in [-0.15, -0.1) is 0 Å². The van der Waals surface area contributed by atoms with Gasteiger partial charge in [-0.25, -0.2) is 0 Å². The van der Waals surface area contributed by atoms with Crippen LogP contribution in [0.2, 0.25) is 0 Å². The number of rotatable bonds is 6. The lowest BCUT2D eigenvalue weighted by atomic mass is 10.1. The Morgan fingerprint density at radius 3 is 2.23 bits per heavy atom. The SMILES string of the molecule is COc1ccc(C(O)CNC(=O)c2ccc(C(F)(F)F)cc2)cc1OC. The predicted octanol–water partition coefficient (Wildman–Crippen LogP) is 3.19. The number of methoxy groups -OCH3 is 2. The van der Waals surface area contributed by atoms with Crippen LogP contribution in [0.4, 0.5) is 13.2 Å². The van der Waals surface area contributed by atoms with Gasteiger partial charge in [0.2, 0.25) is 0 Å². The van der Waals surface area contributed by atoms with E-state index in [0.29, 0.717) is 17.1 Å². The van der Waals surface area contributed by atoms with Crippen LogP contribution in [0, 0.1) is 0 Å². The molecule has 0 saturated heterocycles. The number of hydrogen-bond acceptors (Lipinski definition) is 4. The van der Waals surface area contributed by atoms with Crippen LogP contribution < -0.4 is 14.8 Å². The largest absolute Gasteiger partial charge is 0.493 e. The average Bonchev–Trinajstić information content (AvgIpc) is 2.64. The highest BCUT2D eigenvalue weighted by molar-refractivity contribution is 5.94. The highest BCUT2D eigenvalue weighted by Crippen LogP contribution is 2.30. The Morgan fingerprint density at radius 1 is 1.08 bits per heavy atom. The molecule has 0 saturated carbocycles. The first kappa shape index (κ1) is 19.6. The molecule has 2 rings (SSSR count). The van der Waals surface area contributed by atoms with Gasteiger partial charge in [0.1, 0.15) is 0 Å². The summed E-state index contributed by atoms with van der Waals surface area (Å²) in [4.78, 5) is 12.0. The minimum Gasteiger partial charge on any atom is -0.493 e. The second-order valence-corrected chi connectivity index (χ2v) is 5.42. The van der Waals surface area contributed by atoms with E-state index in [-0.39, 0.29) is 12.1 Å². The van der Waals surface area contributed by atoms with E-state index in [1.165, 1.54) is 14.2 Å². The molecule has 26 heavy (non-hydrogen) atoms. The summed E-state index contributed by atoms with van der Waals surface area (Å²) < 4.78 is 47.8. The number of hydrogen-bond donors (Lipinski definition) is 2. The molecule has 0 aliphatic carbocycles. The zero-order valence-corrected chi connectivity index (χ0v) is 14.1. The fraction of sp³-hybridized carbons (Fsp3) is 0.278. The normalized spacial score (nSPS) is 12.4. The number of halogens is 3. The highest BCUT2D eigenvalue weighted by atomic mass is 19.4. The Bertz CT molecular complexity index is 760. The third kappa shape index (κ3) is 4.66. The maximum absolute atomic E-state index is 12.5. The summed E-state index contributed by atoms with van der Waals surface area (Å²) in [6.45, 7) is -0.116. The zero-order chi connectivity index (χ0) is 19.3. The van der Waals surface area contributed by atoms with E-state index in [9.17, 15) is 23.1 Å². The quantitative estimate of drug-likeness (QED) is 0.821. The summed E-state index contributed by atoms with van der Waals surface area (Å²) in [5.74, 6) is 0.341. The van der Waals surface area contributed by atoms with Crippen LogP contribution in [0.5, 0.6) is 11.5 Å². The number of ether oxygens (including phenoxy) is 2. The lowest BCUT2D eigenvalue weighted by molar-refractivity contribution is -0.137. The summed E-state index contributed by atoms with van der Waals surface area (Å²) in [6, 6.07) is 8.65. The molecule has 2 aromatic rings. The van der Waals surface area contributed by atoms with Crippen molar-refractivity contribution >= 4 is 5.91 Å². The molecule has 0 spiro atoms. The van der Waals surface area contributed by atoms with Gasteiger partial charge in [-0.2, -0.15) is 13.2 Å². The van der Waals surface area contributed by atoms with Gasteiger partial charge in [0.25, 0.3) is 5.91 Å².